The minimum atomic E-state index is -0.147. The fraction of sp³-hybridized carbons (Fsp3) is 0.471. The smallest absolute Gasteiger partial charge is 0.271 e. The van der Waals surface area contributed by atoms with Crippen molar-refractivity contribution in [1.29, 1.82) is 0 Å². The predicted octanol–water partition coefficient (Wildman–Crippen LogP) is 1.48. The summed E-state index contributed by atoms with van der Waals surface area (Å²) in [4.78, 5) is 18.3. The van der Waals surface area contributed by atoms with Crippen LogP contribution in [0.5, 0.6) is 5.88 Å². The average molecular weight is 329 g/mol. The largest absolute Gasteiger partial charge is 0.481 e. The average Bonchev–Trinajstić information content (AvgIpc) is 3.12. The van der Waals surface area contributed by atoms with Gasteiger partial charge < -0.3 is 10.1 Å². The number of aromatic nitrogens is 3. The molecule has 1 saturated heterocycles. The van der Waals surface area contributed by atoms with Crippen LogP contribution < -0.4 is 10.1 Å². The highest BCUT2D eigenvalue weighted by Crippen LogP contribution is 2.22. The molecule has 2 aromatic heterocycles. The van der Waals surface area contributed by atoms with Gasteiger partial charge in [-0.25, -0.2) is 4.98 Å². The number of likely N-dealkylation sites (tertiary alicyclic amines) is 1. The standard InChI is InChI=1S/C17H23N5O2/c1-18-17(23)15-7-9-22(20-15)14-4-3-8-21(12-14)11-13-5-6-16(24-2)19-10-13/h5-7,9-10,14H,3-4,8,11-12H2,1-2H3,(H,18,23). The lowest BCUT2D eigenvalue weighted by molar-refractivity contribution is 0.0955. The molecule has 3 rings (SSSR count). The van der Waals surface area contributed by atoms with Crippen molar-refractivity contribution >= 4 is 5.91 Å². The van der Waals surface area contributed by atoms with Crippen LogP contribution in [-0.2, 0) is 6.54 Å². The maximum Gasteiger partial charge on any atom is 0.271 e. The summed E-state index contributed by atoms with van der Waals surface area (Å²) in [5.74, 6) is 0.485. The Morgan fingerprint density at radius 2 is 2.29 bits per heavy atom. The van der Waals surface area contributed by atoms with E-state index in [1.54, 1.807) is 20.2 Å². The van der Waals surface area contributed by atoms with E-state index in [0.717, 1.165) is 32.5 Å². The molecule has 3 heterocycles. The number of rotatable bonds is 5. The van der Waals surface area contributed by atoms with Gasteiger partial charge in [0.15, 0.2) is 0 Å². The molecule has 0 saturated carbocycles. The molecule has 0 aliphatic carbocycles. The zero-order chi connectivity index (χ0) is 16.9. The van der Waals surface area contributed by atoms with Crippen LogP contribution in [0.2, 0.25) is 0 Å². The molecule has 0 aromatic carbocycles. The number of carbonyl (C=O) groups excluding carboxylic acids is 1. The van der Waals surface area contributed by atoms with Crippen LogP contribution in [0.15, 0.2) is 30.6 Å². The number of hydrogen-bond acceptors (Lipinski definition) is 5. The van der Waals surface area contributed by atoms with E-state index in [9.17, 15) is 4.79 Å². The Morgan fingerprint density at radius 1 is 1.42 bits per heavy atom. The third-order valence-electron chi connectivity index (χ3n) is 4.34. The molecule has 7 heteroatoms. The molecule has 1 aliphatic heterocycles. The molecule has 0 spiro atoms. The zero-order valence-corrected chi connectivity index (χ0v) is 14.1. The van der Waals surface area contributed by atoms with Gasteiger partial charge in [-0.2, -0.15) is 5.10 Å². The monoisotopic (exact) mass is 329 g/mol. The van der Waals surface area contributed by atoms with E-state index in [1.807, 2.05) is 29.2 Å². The van der Waals surface area contributed by atoms with Crippen LogP contribution in [0.1, 0.15) is 34.9 Å². The van der Waals surface area contributed by atoms with Crippen LogP contribution in [0.4, 0.5) is 0 Å². The van der Waals surface area contributed by atoms with E-state index in [4.69, 9.17) is 4.74 Å². The zero-order valence-electron chi connectivity index (χ0n) is 14.1. The first-order valence-electron chi connectivity index (χ1n) is 8.18. The summed E-state index contributed by atoms with van der Waals surface area (Å²) in [5.41, 5.74) is 1.64. The number of methoxy groups -OCH3 is 1. The molecule has 1 atom stereocenters. The first-order chi connectivity index (χ1) is 11.7. The summed E-state index contributed by atoms with van der Waals surface area (Å²) in [5, 5.41) is 7.02. The molecule has 24 heavy (non-hydrogen) atoms. The van der Waals surface area contributed by atoms with Crippen molar-refractivity contribution in [2.75, 3.05) is 27.2 Å². The normalized spacial score (nSPS) is 18.3. The number of ether oxygens (including phenoxy) is 1. The fourth-order valence-corrected chi connectivity index (χ4v) is 3.06. The van der Waals surface area contributed by atoms with E-state index >= 15 is 0 Å². The number of hydrogen-bond donors (Lipinski definition) is 1. The Hall–Kier alpha value is -2.41. The van der Waals surface area contributed by atoms with Gasteiger partial charge >= 0.3 is 0 Å². The summed E-state index contributed by atoms with van der Waals surface area (Å²) < 4.78 is 7.02. The van der Waals surface area contributed by atoms with Crippen LogP contribution in [-0.4, -0.2) is 52.8 Å². The molecule has 128 valence electrons. The first kappa shape index (κ1) is 16.4. The summed E-state index contributed by atoms with van der Waals surface area (Å²) in [6.45, 7) is 2.84. The van der Waals surface area contributed by atoms with Crippen molar-refractivity contribution in [3.05, 3.63) is 41.9 Å². The van der Waals surface area contributed by atoms with Crippen LogP contribution in [0.3, 0.4) is 0 Å². The number of nitrogens with zero attached hydrogens (tertiary/aromatic N) is 4. The van der Waals surface area contributed by atoms with Gasteiger partial charge in [-0.3, -0.25) is 14.4 Å². The highest BCUT2D eigenvalue weighted by molar-refractivity contribution is 5.91. The summed E-state index contributed by atoms with van der Waals surface area (Å²) in [6, 6.07) is 6.00. The fourth-order valence-electron chi connectivity index (χ4n) is 3.06. The van der Waals surface area contributed by atoms with Gasteiger partial charge in [-0.05, 0) is 31.0 Å². The minimum absolute atomic E-state index is 0.147. The maximum absolute atomic E-state index is 11.7. The third-order valence-corrected chi connectivity index (χ3v) is 4.34. The lowest BCUT2D eigenvalue weighted by Crippen LogP contribution is -2.36. The van der Waals surface area contributed by atoms with Crippen molar-refractivity contribution in [3.63, 3.8) is 0 Å². The molecule has 1 aliphatic rings. The number of nitrogens with one attached hydrogen (secondary N) is 1. The quantitative estimate of drug-likeness (QED) is 0.900. The second kappa shape index (κ2) is 7.44. The SMILES string of the molecule is CNC(=O)c1ccn(C2CCCN(Cc3ccc(OC)nc3)C2)n1. The Labute approximate surface area is 141 Å². The van der Waals surface area contributed by atoms with Crippen molar-refractivity contribution in [1.82, 2.24) is 25.0 Å². The van der Waals surface area contributed by atoms with Crippen molar-refractivity contribution in [2.24, 2.45) is 0 Å². The number of carbonyl (C=O) groups is 1. The Balaban J connectivity index is 1.63. The van der Waals surface area contributed by atoms with Crippen molar-refractivity contribution < 1.29 is 9.53 Å². The Bertz CT molecular complexity index is 683. The highest BCUT2D eigenvalue weighted by Gasteiger charge is 2.22. The van der Waals surface area contributed by atoms with Crippen LogP contribution in [0, 0.1) is 0 Å². The molecule has 1 amide bonds. The minimum Gasteiger partial charge on any atom is -0.481 e. The van der Waals surface area contributed by atoms with E-state index in [0.29, 0.717) is 17.6 Å². The molecular formula is C17H23N5O2. The maximum atomic E-state index is 11.7. The topological polar surface area (TPSA) is 72.3 Å². The lowest BCUT2D eigenvalue weighted by atomic mass is 10.1. The number of pyridine rings is 1. The van der Waals surface area contributed by atoms with Crippen LogP contribution >= 0.6 is 0 Å². The summed E-state index contributed by atoms with van der Waals surface area (Å²) in [6.07, 6.45) is 5.95. The second-order valence-electron chi connectivity index (χ2n) is 6.00. The van der Waals surface area contributed by atoms with E-state index in [2.05, 4.69) is 20.3 Å². The van der Waals surface area contributed by atoms with Crippen molar-refractivity contribution in [2.45, 2.75) is 25.4 Å². The number of amides is 1. The summed E-state index contributed by atoms with van der Waals surface area (Å²) in [7, 11) is 3.24. The Kier molecular flexibility index (Phi) is 5.10. The number of piperidine rings is 1. The van der Waals surface area contributed by atoms with Crippen LogP contribution in [0.25, 0.3) is 0 Å². The first-order valence-corrected chi connectivity index (χ1v) is 8.18. The summed E-state index contributed by atoms with van der Waals surface area (Å²) >= 11 is 0. The predicted molar refractivity (Wildman–Crippen MR) is 90.0 cm³/mol. The van der Waals surface area contributed by atoms with Gasteiger partial charge in [0.2, 0.25) is 5.88 Å². The lowest BCUT2D eigenvalue weighted by Gasteiger charge is -2.32. The highest BCUT2D eigenvalue weighted by atomic mass is 16.5. The Morgan fingerprint density at radius 3 is 3.00 bits per heavy atom. The van der Waals surface area contributed by atoms with E-state index < -0.39 is 0 Å². The molecule has 7 nitrogen and oxygen atoms in total. The third kappa shape index (κ3) is 3.73. The van der Waals surface area contributed by atoms with Gasteiger partial charge in [0, 0.05) is 38.6 Å². The van der Waals surface area contributed by atoms with Gasteiger partial charge in [0.05, 0.1) is 13.2 Å². The molecule has 2 aromatic rings. The molecule has 0 radical (unpaired) electrons. The van der Waals surface area contributed by atoms with Gasteiger partial charge in [0.25, 0.3) is 5.91 Å². The molecule has 1 fully saturated rings. The van der Waals surface area contributed by atoms with Gasteiger partial charge in [0.1, 0.15) is 5.69 Å². The molecular weight excluding hydrogens is 306 g/mol. The molecule has 0 bridgehead atoms. The second-order valence-corrected chi connectivity index (χ2v) is 6.00. The van der Waals surface area contributed by atoms with E-state index in [-0.39, 0.29) is 5.91 Å². The van der Waals surface area contributed by atoms with Gasteiger partial charge in [-0.15, -0.1) is 0 Å². The van der Waals surface area contributed by atoms with Gasteiger partial charge in [-0.1, -0.05) is 6.07 Å². The van der Waals surface area contributed by atoms with E-state index in [1.165, 1.54) is 5.56 Å². The molecule has 1 unspecified atom stereocenters. The van der Waals surface area contributed by atoms with Crippen molar-refractivity contribution in [3.8, 4) is 5.88 Å². The molecule has 1 N–H and O–H groups in total.